The molecule has 0 aliphatic rings. The molecule has 0 fully saturated rings. The fourth-order valence-corrected chi connectivity index (χ4v) is 3.63. The van der Waals surface area contributed by atoms with Gasteiger partial charge in [0.2, 0.25) is 5.91 Å². The molecule has 1 N–H and O–H groups in total. The SMILES string of the molecule is COc1cc(OC)c(OC)cc1/C=C/C(=O)Nc1ncc(Cc2ccc(F)cc2F)s1. The second-order valence-electron chi connectivity index (χ2n) is 6.32. The molecule has 1 aromatic heterocycles. The lowest BCUT2D eigenvalue weighted by Crippen LogP contribution is -2.07. The molecule has 31 heavy (non-hydrogen) atoms. The van der Waals surface area contributed by atoms with Gasteiger partial charge in [0.05, 0.1) is 21.3 Å². The summed E-state index contributed by atoms with van der Waals surface area (Å²) in [5, 5.41) is 3.03. The molecule has 0 spiro atoms. The van der Waals surface area contributed by atoms with Crippen LogP contribution in [0.5, 0.6) is 17.2 Å². The lowest BCUT2D eigenvalue weighted by Gasteiger charge is -2.12. The minimum Gasteiger partial charge on any atom is -0.496 e. The molecule has 0 saturated heterocycles. The van der Waals surface area contributed by atoms with E-state index in [1.54, 1.807) is 24.4 Å². The number of hydrogen-bond donors (Lipinski definition) is 1. The number of halogens is 2. The first-order valence-electron chi connectivity index (χ1n) is 9.11. The van der Waals surface area contributed by atoms with Crippen LogP contribution in [0.2, 0.25) is 0 Å². The Labute approximate surface area is 182 Å². The predicted octanol–water partition coefficient (Wildman–Crippen LogP) is 4.69. The van der Waals surface area contributed by atoms with E-state index in [1.165, 1.54) is 50.9 Å². The van der Waals surface area contributed by atoms with Crippen molar-refractivity contribution in [1.29, 1.82) is 0 Å². The fourth-order valence-electron chi connectivity index (χ4n) is 2.80. The van der Waals surface area contributed by atoms with E-state index >= 15 is 0 Å². The Bertz CT molecular complexity index is 1110. The van der Waals surface area contributed by atoms with E-state index in [2.05, 4.69) is 10.3 Å². The maximum Gasteiger partial charge on any atom is 0.250 e. The van der Waals surface area contributed by atoms with Crippen molar-refractivity contribution in [2.24, 2.45) is 0 Å². The van der Waals surface area contributed by atoms with Gasteiger partial charge in [-0.1, -0.05) is 6.07 Å². The second kappa shape index (κ2) is 10.0. The van der Waals surface area contributed by atoms with Crippen molar-refractivity contribution in [3.05, 3.63) is 70.2 Å². The summed E-state index contributed by atoms with van der Waals surface area (Å²) in [5.41, 5.74) is 0.977. The number of thiazole rings is 1. The Kier molecular flexibility index (Phi) is 7.19. The van der Waals surface area contributed by atoms with Gasteiger partial charge in [-0.3, -0.25) is 10.1 Å². The van der Waals surface area contributed by atoms with E-state index in [-0.39, 0.29) is 6.42 Å². The highest BCUT2D eigenvalue weighted by atomic mass is 32.1. The molecular formula is C22H20F2N2O4S. The summed E-state index contributed by atoms with van der Waals surface area (Å²) in [6, 6.07) is 6.79. The Hall–Kier alpha value is -3.46. The van der Waals surface area contributed by atoms with Crippen molar-refractivity contribution in [3.8, 4) is 17.2 Å². The quantitative estimate of drug-likeness (QED) is 0.509. The summed E-state index contributed by atoms with van der Waals surface area (Å²) in [7, 11) is 4.55. The Morgan fingerprint density at radius 3 is 2.45 bits per heavy atom. The molecular weight excluding hydrogens is 426 g/mol. The molecule has 9 heteroatoms. The Morgan fingerprint density at radius 2 is 1.77 bits per heavy atom. The molecule has 0 aliphatic heterocycles. The number of hydrogen-bond acceptors (Lipinski definition) is 6. The topological polar surface area (TPSA) is 69.7 Å². The summed E-state index contributed by atoms with van der Waals surface area (Å²) in [6.07, 6.45) is 4.71. The van der Waals surface area contributed by atoms with Crippen molar-refractivity contribution >= 4 is 28.5 Å². The molecule has 162 valence electrons. The van der Waals surface area contributed by atoms with Gasteiger partial charge in [0, 0.05) is 41.3 Å². The molecule has 6 nitrogen and oxygen atoms in total. The molecule has 0 aliphatic carbocycles. The van der Waals surface area contributed by atoms with E-state index in [1.807, 2.05) is 0 Å². The van der Waals surface area contributed by atoms with E-state index in [0.29, 0.717) is 33.5 Å². The van der Waals surface area contributed by atoms with Gasteiger partial charge in [0.25, 0.3) is 0 Å². The lowest BCUT2D eigenvalue weighted by atomic mass is 10.1. The highest BCUT2D eigenvalue weighted by Gasteiger charge is 2.12. The smallest absolute Gasteiger partial charge is 0.250 e. The first kappa shape index (κ1) is 22.2. The molecule has 0 saturated carbocycles. The number of carbonyl (C=O) groups excluding carboxylic acids is 1. The predicted molar refractivity (Wildman–Crippen MR) is 115 cm³/mol. The normalized spacial score (nSPS) is 10.9. The standard InChI is InChI=1S/C22H20F2N2O4S/c1-28-18-11-20(30-3)19(29-2)9-14(18)5-7-21(27)26-22-25-12-16(31-22)8-13-4-6-15(23)10-17(13)24/h4-7,9-12H,8H2,1-3H3,(H,25,26,27)/b7-5+. The van der Waals surface area contributed by atoms with Crippen molar-refractivity contribution in [2.75, 3.05) is 26.6 Å². The van der Waals surface area contributed by atoms with Gasteiger partial charge in [-0.2, -0.15) is 0 Å². The second-order valence-corrected chi connectivity index (χ2v) is 7.43. The molecule has 2 aromatic carbocycles. The van der Waals surface area contributed by atoms with Crippen LogP contribution < -0.4 is 19.5 Å². The van der Waals surface area contributed by atoms with Gasteiger partial charge < -0.3 is 14.2 Å². The lowest BCUT2D eigenvalue weighted by molar-refractivity contribution is -0.111. The van der Waals surface area contributed by atoms with Crippen molar-refractivity contribution in [3.63, 3.8) is 0 Å². The van der Waals surface area contributed by atoms with Crippen LogP contribution in [0.25, 0.3) is 6.08 Å². The summed E-state index contributed by atoms with van der Waals surface area (Å²) < 4.78 is 42.7. The summed E-state index contributed by atoms with van der Waals surface area (Å²) in [4.78, 5) is 17.2. The zero-order chi connectivity index (χ0) is 22.4. The van der Waals surface area contributed by atoms with E-state index in [4.69, 9.17) is 14.2 Å². The minimum atomic E-state index is -0.628. The van der Waals surface area contributed by atoms with Gasteiger partial charge in [-0.25, -0.2) is 13.8 Å². The first-order valence-corrected chi connectivity index (χ1v) is 9.92. The monoisotopic (exact) mass is 446 g/mol. The van der Waals surface area contributed by atoms with Crippen LogP contribution in [-0.2, 0) is 11.2 Å². The molecule has 1 amide bonds. The number of carbonyl (C=O) groups is 1. The van der Waals surface area contributed by atoms with E-state index in [9.17, 15) is 13.6 Å². The molecule has 3 rings (SSSR count). The van der Waals surface area contributed by atoms with Crippen LogP contribution in [0.3, 0.4) is 0 Å². The highest BCUT2D eigenvalue weighted by molar-refractivity contribution is 7.15. The van der Waals surface area contributed by atoms with Crippen LogP contribution in [0.15, 0.2) is 42.6 Å². The third-order valence-electron chi connectivity index (χ3n) is 4.31. The third kappa shape index (κ3) is 5.58. The number of methoxy groups -OCH3 is 3. The number of anilines is 1. The molecule has 0 radical (unpaired) electrons. The van der Waals surface area contributed by atoms with Crippen molar-refractivity contribution < 1.29 is 27.8 Å². The Balaban J connectivity index is 1.68. The molecule has 1 heterocycles. The zero-order valence-electron chi connectivity index (χ0n) is 17.1. The number of nitrogens with one attached hydrogen (secondary N) is 1. The summed E-state index contributed by atoms with van der Waals surface area (Å²) in [6.45, 7) is 0. The van der Waals surface area contributed by atoms with Crippen LogP contribution in [0.1, 0.15) is 16.0 Å². The summed E-state index contributed by atoms with van der Waals surface area (Å²) in [5.74, 6) is -0.123. The minimum absolute atomic E-state index is 0.248. The number of amides is 1. The largest absolute Gasteiger partial charge is 0.496 e. The highest BCUT2D eigenvalue weighted by Crippen LogP contribution is 2.35. The number of nitrogens with zero attached hydrogens (tertiary/aromatic N) is 1. The average molecular weight is 446 g/mol. The number of benzene rings is 2. The van der Waals surface area contributed by atoms with E-state index < -0.39 is 17.5 Å². The van der Waals surface area contributed by atoms with Gasteiger partial charge >= 0.3 is 0 Å². The van der Waals surface area contributed by atoms with Gasteiger partial charge in [0.15, 0.2) is 16.6 Å². The van der Waals surface area contributed by atoms with Crippen LogP contribution >= 0.6 is 11.3 Å². The Morgan fingerprint density at radius 1 is 1.06 bits per heavy atom. The maximum atomic E-state index is 13.8. The van der Waals surface area contributed by atoms with Gasteiger partial charge in [-0.05, 0) is 23.8 Å². The molecule has 0 atom stereocenters. The summed E-state index contributed by atoms with van der Waals surface area (Å²) >= 11 is 1.21. The van der Waals surface area contributed by atoms with Crippen molar-refractivity contribution in [2.45, 2.75) is 6.42 Å². The van der Waals surface area contributed by atoms with Crippen LogP contribution in [0.4, 0.5) is 13.9 Å². The molecule has 0 bridgehead atoms. The maximum absolute atomic E-state index is 13.8. The van der Waals surface area contributed by atoms with Crippen LogP contribution in [0, 0.1) is 11.6 Å². The van der Waals surface area contributed by atoms with Crippen LogP contribution in [-0.4, -0.2) is 32.2 Å². The zero-order valence-corrected chi connectivity index (χ0v) is 17.9. The van der Waals surface area contributed by atoms with Gasteiger partial charge in [-0.15, -0.1) is 11.3 Å². The van der Waals surface area contributed by atoms with Crippen molar-refractivity contribution in [1.82, 2.24) is 4.98 Å². The number of aromatic nitrogens is 1. The fraction of sp³-hybridized carbons (Fsp3) is 0.182. The molecule has 0 unspecified atom stereocenters. The number of ether oxygens (including phenoxy) is 3. The average Bonchev–Trinajstić information content (AvgIpc) is 3.20. The van der Waals surface area contributed by atoms with E-state index in [0.717, 1.165) is 10.9 Å². The number of rotatable bonds is 8. The molecule has 3 aromatic rings. The first-order chi connectivity index (χ1) is 14.9. The van der Waals surface area contributed by atoms with Gasteiger partial charge in [0.1, 0.15) is 17.4 Å². The third-order valence-corrected chi connectivity index (χ3v) is 5.23.